The molecule has 0 spiro atoms. The van der Waals surface area contributed by atoms with Crippen LogP contribution in [0.2, 0.25) is 0 Å². The smallest absolute Gasteiger partial charge is 0.143 e. The van der Waals surface area contributed by atoms with Crippen molar-refractivity contribution in [3.05, 3.63) is 47.5 Å². The molecular weight excluding hydrogens is 243 g/mol. The standard InChI is InChI=1S/C14H15FN4/c1-2-6-19-10-11(9-18-19)8-17-14-5-3-4-13(15)12(14)7-16/h3-5,9-10,17H,2,6,8H2,1H3. The van der Waals surface area contributed by atoms with E-state index >= 15 is 0 Å². The molecule has 0 aliphatic heterocycles. The monoisotopic (exact) mass is 258 g/mol. The van der Waals surface area contributed by atoms with E-state index in [1.165, 1.54) is 6.07 Å². The van der Waals surface area contributed by atoms with Crippen molar-refractivity contribution in [1.82, 2.24) is 9.78 Å². The molecule has 0 fully saturated rings. The summed E-state index contributed by atoms with van der Waals surface area (Å²) in [6.07, 6.45) is 4.74. The van der Waals surface area contributed by atoms with Gasteiger partial charge in [-0.3, -0.25) is 4.68 Å². The minimum absolute atomic E-state index is 0.0449. The van der Waals surface area contributed by atoms with Crippen LogP contribution in [0.5, 0.6) is 0 Å². The van der Waals surface area contributed by atoms with Crippen LogP contribution in [0.25, 0.3) is 0 Å². The molecule has 0 amide bonds. The van der Waals surface area contributed by atoms with Crippen LogP contribution in [0.1, 0.15) is 24.5 Å². The Morgan fingerprint density at radius 2 is 2.32 bits per heavy atom. The van der Waals surface area contributed by atoms with Crippen molar-refractivity contribution in [2.24, 2.45) is 0 Å². The molecule has 0 saturated carbocycles. The molecule has 0 unspecified atom stereocenters. The molecule has 0 saturated heterocycles. The summed E-state index contributed by atoms with van der Waals surface area (Å²) in [6, 6.07) is 6.42. The first-order valence-corrected chi connectivity index (χ1v) is 6.18. The van der Waals surface area contributed by atoms with E-state index in [1.54, 1.807) is 18.3 Å². The van der Waals surface area contributed by atoms with Crippen LogP contribution in [0.4, 0.5) is 10.1 Å². The minimum Gasteiger partial charge on any atom is -0.380 e. The SMILES string of the molecule is CCCn1cc(CNc2cccc(F)c2C#N)cn1. The van der Waals surface area contributed by atoms with Gasteiger partial charge in [-0.15, -0.1) is 0 Å². The lowest BCUT2D eigenvalue weighted by Crippen LogP contribution is -2.02. The number of anilines is 1. The fourth-order valence-electron chi connectivity index (χ4n) is 1.83. The van der Waals surface area contributed by atoms with E-state index < -0.39 is 5.82 Å². The molecule has 5 heteroatoms. The van der Waals surface area contributed by atoms with Gasteiger partial charge < -0.3 is 5.32 Å². The molecule has 98 valence electrons. The van der Waals surface area contributed by atoms with Crippen molar-refractivity contribution in [3.8, 4) is 6.07 Å². The Balaban J connectivity index is 2.06. The number of nitrogens with one attached hydrogen (secondary N) is 1. The molecule has 2 aromatic rings. The van der Waals surface area contributed by atoms with Gasteiger partial charge in [0.25, 0.3) is 0 Å². The maximum Gasteiger partial charge on any atom is 0.143 e. The average molecular weight is 258 g/mol. The van der Waals surface area contributed by atoms with E-state index in [2.05, 4.69) is 17.3 Å². The fraction of sp³-hybridized carbons (Fsp3) is 0.286. The van der Waals surface area contributed by atoms with Crippen LogP contribution in [-0.4, -0.2) is 9.78 Å². The van der Waals surface area contributed by atoms with Gasteiger partial charge in [-0.05, 0) is 18.6 Å². The van der Waals surface area contributed by atoms with Crippen molar-refractivity contribution in [2.45, 2.75) is 26.4 Å². The van der Waals surface area contributed by atoms with Gasteiger partial charge in [0.2, 0.25) is 0 Å². The summed E-state index contributed by atoms with van der Waals surface area (Å²) in [4.78, 5) is 0. The van der Waals surface area contributed by atoms with Crippen molar-refractivity contribution in [1.29, 1.82) is 5.26 Å². The summed E-state index contributed by atoms with van der Waals surface area (Å²) in [5.74, 6) is -0.505. The highest BCUT2D eigenvalue weighted by Crippen LogP contribution is 2.18. The molecule has 0 aliphatic rings. The van der Waals surface area contributed by atoms with Crippen LogP contribution in [-0.2, 0) is 13.1 Å². The van der Waals surface area contributed by atoms with E-state index in [1.807, 2.05) is 16.9 Å². The molecule has 0 bridgehead atoms. The molecule has 1 aromatic carbocycles. The summed E-state index contributed by atoms with van der Waals surface area (Å²) in [6.45, 7) is 3.48. The second-order valence-electron chi connectivity index (χ2n) is 4.24. The van der Waals surface area contributed by atoms with E-state index in [0.717, 1.165) is 18.5 Å². The number of nitriles is 1. The first-order valence-electron chi connectivity index (χ1n) is 6.18. The summed E-state index contributed by atoms with van der Waals surface area (Å²) in [7, 11) is 0. The summed E-state index contributed by atoms with van der Waals surface area (Å²) in [5, 5.41) is 16.2. The Bertz CT molecular complexity index is 598. The normalized spacial score (nSPS) is 10.2. The molecule has 4 nitrogen and oxygen atoms in total. The highest BCUT2D eigenvalue weighted by molar-refractivity contribution is 5.57. The predicted octanol–water partition coefficient (Wildman–Crippen LogP) is 2.92. The van der Waals surface area contributed by atoms with Crippen LogP contribution >= 0.6 is 0 Å². The number of benzene rings is 1. The van der Waals surface area contributed by atoms with Crippen LogP contribution < -0.4 is 5.32 Å². The Morgan fingerprint density at radius 1 is 1.47 bits per heavy atom. The Hall–Kier alpha value is -2.35. The largest absolute Gasteiger partial charge is 0.380 e. The maximum absolute atomic E-state index is 13.4. The Kier molecular flexibility index (Phi) is 4.14. The number of aromatic nitrogens is 2. The van der Waals surface area contributed by atoms with Gasteiger partial charge in [0.1, 0.15) is 17.4 Å². The van der Waals surface area contributed by atoms with Gasteiger partial charge in [-0.1, -0.05) is 13.0 Å². The number of aryl methyl sites for hydroxylation is 1. The second kappa shape index (κ2) is 6.01. The maximum atomic E-state index is 13.4. The fourth-order valence-corrected chi connectivity index (χ4v) is 1.83. The molecule has 1 N–H and O–H groups in total. The lowest BCUT2D eigenvalue weighted by atomic mass is 10.2. The van der Waals surface area contributed by atoms with E-state index in [4.69, 9.17) is 5.26 Å². The molecule has 0 aliphatic carbocycles. The first kappa shape index (κ1) is 13.1. The molecule has 0 atom stereocenters. The average Bonchev–Trinajstić information content (AvgIpc) is 2.84. The van der Waals surface area contributed by atoms with Gasteiger partial charge in [0, 0.05) is 24.8 Å². The lowest BCUT2D eigenvalue weighted by molar-refractivity contribution is 0.602. The lowest BCUT2D eigenvalue weighted by Gasteiger charge is -2.07. The molecule has 19 heavy (non-hydrogen) atoms. The molecule has 2 rings (SSSR count). The van der Waals surface area contributed by atoms with Gasteiger partial charge in [0.15, 0.2) is 0 Å². The topological polar surface area (TPSA) is 53.6 Å². The van der Waals surface area contributed by atoms with Crippen molar-refractivity contribution < 1.29 is 4.39 Å². The van der Waals surface area contributed by atoms with Gasteiger partial charge in [-0.25, -0.2) is 4.39 Å². The zero-order valence-electron chi connectivity index (χ0n) is 10.7. The number of nitrogens with zero attached hydrogens (tertiary/aromatic N) is 3. The molecule has 1 heterocycles. The van der Waals surface area contributed by atoms with Crippen molar-refractivity contribution >= 4 is 5.69 Å². The second-order valence-corrected chi connectivity index (χ2v) is 4.24. The third-order valence-corrected chi connectivity index (χ3v) is 2.75. The van der Waals surface area contributed by atoms with Crippen LogP contribution in [0.3, 0.4) is 0 Å². The van der Waals surface area contributed by atoms with Crippen LogP contribution in [0, 0.1) is 17.1 Å². The summed E-state index contributed by atoms with van der Waals surface area (Å²) < 4.78 is 15.3. The van der Waals surface area contributed by atoms with E-state index in [-0.39, 0.29) is 5.56 Å². The minimum atomic E-state index is -0.505. The third-order valence-electron chi connectivity index (χ3n) is 2.75. The van der Waals surface area contributed by atoms with Crippen LogP contribution in [0.15, 0.2) is 30.6 Å². The Labute approximate surface area is 111 Å². The summed E-state index contributed by atoms with van der Waals surface area (Å²) in [5.41, 5.74) is 1.55. The van der Waals surface area contributed by atoms with Crippen molar-refractivity contribution in [2.75, 3.05) is 5.32 Å². The Morgan fingerprint density at radius 3 is 3.05 bits per heavy atom. The van der Waals surface area contributed by atoms with E-state index in [0.29, 0.717) is 12.2 Å². The number of hydrogen-bond donors (Lipinski definition) is 1. The quantitative estimate of drug-likeness (QED) is 0.897. The van der Waals surface area contributed by atoms with Gasteiger partial charge in [-0.2, -0.15) is 10.4 Å². The molecule has 0 radical (unpaired) electrons. The zero-order valence-corrected chi connectivity index (χ0v) is 10.7. The third kappa shape index (κ3) is 3.10. The van der Waals surface area contributed by atoms with E-state index in [9.17, 15) is 4.39 Å². The molecular formula is C14H15FN4. The highest BCUT2D eigenvalue weighted by atomic mass is 19.1. The van der Waals surface area contributed by atoms with Gasteiger partial charge >= 0.3 is 0 Å². The summed E-state index contributed by atoms with van der Waals surface area (Å²) >= 11 is 0. The zero-order chi connectivity index (χ0) is 13.7. The number of rotatable bonds is 5. The predicted molar refractivity (Wildman–Crippen MR) is 71.0 cm³/mol. The number of hydrogen-bond acceptors (Lipinski definition) is 3. The van der Waals surface area contributed by atoms with Crippen molar-refractivity contribution in [3.63, 3.8) is 0 Å². The first-order chi connectivity index (χ1) is 9.24. The van der Waals surface area contributed by atoms with Gasteiger partial charge in [0.05, 0.1) is 11.9 Å². The number of halogens is 1. The highest BCUT2D eigenvalue weighted by Gasteiger charge is 2.07. The molecule has 1 aromatic heterocycles.